The highest BCUT2D eigenvalue weighted by atomic mass is 32.2. The summed E-state index contributed by atoms with van der Waals surface area (Å²) < 4.78 is 43.5. The van der Waals surface area contributed by atoms with Crippen molar-refractivity contribution in [3.05, 3.63) is 34.7 Å². The van der Waals surface area contributed by atoms with E-state index in [2.05, 4.69) is 5.16 Å². The molecule has 0 fully saturated rings. The molecule has 0 radical (unpaired) electrons. The fourth-order valence-corrected chi connectivity index (χ4v) is 5.23. The molecule has 1 aromatic heterocycles. The van der Waals surface area contributed by atoms with E-state index in [0.717, 1.165) is 11.1 Å². The smallest absolute Gasteiger partial charge is 0.249 e. The molecule has 2 heterocycles. The molecule has 1 aliphatic rings. The number of aromatic nitrogens is 1. The Bertz CT molecular complexity index is 885. The van der Waals surface area contributed by atoms with Crippen molar-refractivity contribution in [2.75, 3.05) is 14.2 Å². The highest BCUT2D eigenvalue weighted by Crippen LogP contribution is 2.37. The van der Waals surface area contributed by atoms with E-state index in [-0.39, 0.29) is 17.5 Å². The van der Waals surface area contributed by atoms with E-state index >= 15 is 0 Å². The topological polar surface area (TPSA) is 81.9 Å². The number of rotatable bonds is 4. The first-order chi connectivity index (χ1) is 11.8. The minimum atomic E-state index is -3.70. The lowest BCUT2D eigenvalue weighted by molar-refractivity contribution is 0.304. The molecule has 1 aromatic carbocycles. The summed E-state index contributed by atoms with van der Waals surface area (Å²) >= 11 is 0. The van der Waals surface area contributed by atoms with Gasteiger partial charge < -0.3 is 14.0 Å². The molecule has 0 N–H and O–H groups in total. The predicted octanol–water partition coefficient (Wildman–Crippen LogP) is 2.44. The molecule has 0 saturated carbocycles. The van der Waals surface area contributed by atoms with Gasteiger partial charge in [0.05, 0.1) is 14.2 Å². The number of sulfonamides is 1. The number of methoxy groups -OCH3 is 2. The average Bonchev–Trinajstić information content (AvgIpc) is 2.92. The van der Waals surface area contributed by atoms with Crippen LogP contribution in [0, 0.1) is 13.8 Å². The second kappa shape index (κ2) is 6.34. The maximum Gasteiger partial charge on any atom is 0.249 e. The number of benzene rings is 1. The molecule has 2 aromatic rings. The Balaban J connectivity index is 2.04. The van der Waals surface area contributed by atoms with Gasteiger partial charge in [-0.2, -0.15) is 4.31 Å². The minimum absolute atomic E-state index is 0.156. The van der Waals surface area contributed by atoms with Crippen LogP contribution in [0.2, 0.25) is 0 Å². The second-order valence-electron chi connectivity index (χ2n) is 6.23. The Morgan fingerprint density at radius 3 is 2.28 bits per heavy atom. The summed E-state index contributed by atoms with van der Waals surface area (Å²) in [6.07, 6.45) is 0.596. The van der Waals surface area contributed by atoms with Gasteiger partial charge in [0, 0.05) is 12.6 Å². The Kier molecular flexibility index (Phi) is 4.51. The molecule has 7 nitrogen and oxygen atoms in total. The molecular formula is C17H22N2O5S. The van der Waals surface area contributed by atoms with E-state index in [1.807, 2.05) is 19.1 Å². The summed E-state index contributed by atoms with van der Waals surface area (Å²) in [5.41, 5.74) is 2.35. The zero-order chi connectivity index (χ0) is 18.4. The van der Waals surface area contributed by atoms with E-state index < -0.39 is 10.0 Å². The predicted molar refractivity (Wildman–Crippen MR) is 91.4 cm³/mol. The van der Waals surface area contributed by atoms with Crippen LogP contribution in [-0.4, -0.2) is 38.1 Å². The zero-order valence-corrected chi connectivity index (χ0v) is 15.8. The number of hydrogen-bond acceptors (Lipinski definition) is 6. The van der Waals surface area contributed by atoms with Crippen LogP contribution in [0.3, 0.4) is 0 Å². The van der Waals surface area contributed by atoms with Crippen LogP contribution >= 0.6 is 0 Å². The normalized spacial score (nSPS) is 18.0. The number of ether oxygens (including phenoxy) is 2. The molecule has 25 heavy (non-hydrogen) atoms. The van der Waals surface area contributed by atoms with Gasteiger partial charge in [-0.3, -0.25) is 0 Å². The number of hydrogen-bond donors (Lipinski definition) is 0. The van der Waals surface area contributed by atoms with Gasteiger partial charge in [-0.25, -0.2) is 8.42 Å². The van der Waals surface area contributed by atoms with Gasteiger partial charge in [0.1, 0.15) is 10.6 Å². The fraction of sp³-hybridized carbons (Fsp3) is 0.471. The van der Waals surface area contributed by atoms with Crippen molar-refractivity contribution in [3.63, 3.8) is 0 Å². The maximum absolute atomic E-state index is 13.2. The minimum Gasteiger partial charge on any atom is -0.493 e. The molecule has 0 spiro atoms. The third kappa shape index (κ3) is 2.89. The van der Waals surface area contributed by atoms with Crippen molar-refractivity contribution >= 4 is 10.0 Å². The number of nitrogens with zero attached hydrogens (tertiary/aromatic N) is 2. The third-order valence-electron chi connectivity index (χ3n) is 4.57. The lowest BCUT2D eigenvalue weighted by Crippen LogP contribution is -2.42. The van der Waals surface area contributed by atoms with Gasteiger partial charge in [0.2, 0.25) is 10.0 Å². The van der Waals surface area contributed by atoms with Gasteiger partial charge in [0.25, 0.3) is 0 Å². The highest BCUT2D eigenvalue weighted by molar-refractivity contribution is 7.89. The van der Waals surface area contributed by atoms with Gasteiger partial charge >= 0.3 is 0 Å². The zero-order valence-electron chi connectivity index (χ0n) is 15.0. The summed E-state index contributed by atoms with van der Waals surface area (Å²) in [6.45, 7) is 5.42. The SMILES string of the molecule is COc1cc2c(cc1OC)CN(S(=O)(=O)c1c(C)noc1C)C(C)C2. The van der Waals surface area contributed by atoms with Crippen molar-refractivity contribution in [3.8, 4) is 11.5 Å². The molecule has 1 unspecified atom stereocenters. The van der Waals surface area contributed by atoms with E-state index in [4.69, 9.17) is 14.0 Å². The first-order valence-electron chi connectivity index (χ1n) is 7.98. The van der Waals surface area contributed by atoms with Crippen LogP contribution in [0.25, 0.3) is 0 Å². The Labute approximate surface area is 147 Å². The summed E-state index contributed by atoms with van der Waals surface area (Å²) in [7, 11) is -0.551. The van der Waals surface area contributed by atoms with E-state index in [9.17, 15) is 8.42 Å². The van der Waals surface area contributed by atoms with Crippen LogP contribution in [0.5, 0.6) is 11.5 Å². The Morgan fingerprint density at radius 1 is 1.16 bits per heavy atom. The molecule has 0 bridgehead atoms. The third-order valence-corrected chi connectivity index (χ3v) is 6.78. The summed E-state index contributed by atoms with van der Waals surface area (Å²) in [5.74, 6) is 1.55. The Morgan fingerprint density at radius 2 is 1.76 bits per heavy atom. The monoisotopic (exact) mass is 366 g/mol. The van der Waals surface area contributed by atoms with E-state index in [0.29, 0.717) is 29.4 Å². The largest absolute Gasteiger partial charge is 0.493 e. The molecule has 0 amide bonds. The standard InChI is InChI=1S/C17H22N2O5S/c1-10-6-13-7-15(22-4)16(23-5)8-14(13)9-19(10)25(20,21)17-11(2)18-24-12(17)3/h7-8,10H,6,9H2,1-5H3. The van der Waals surface area contributed by atoms with Gasteiger partial charge in [-0.15, -0.1) is 0 Å². The first kappa shape index (κ1) is 17.8. The van der Waals surface area contributed by atoms with Gasteiger partial charge in [-0.05, 0) is 50.5 Å². The average molecular weight is 366 g/mol. The first-order valence-corrected chi connectivity index (χ1v) is 9.42. The molecule has 0 saturated heterocycles. The van der Waals surface area contributed by atoms with E-state index in [1.54, 1.807) is 28.1 Å². The summed E-state index contributed by atoms with van der Waals surface area (Å²) in [5, 5.41) is 3.78. The van der Waals surface area contributed by atoms with Crippen LogP contribution in [0.4, 0.5) is 0 Å². The van der Waals surface area contributed by atoms with Crippen molar-refractivity contribution in [2.45, 2.75) is 44.7 Å². The summed E-state index contributed by atoms with van der Waals surface area (Å²) in [6, 6.07) is 3.57. The van der Waals surface area contributed by atoms with Gasteiger partial charge in [-0.1, -0.05) is 5.16 Å². The van der Waals surface area contributed by atoms with Crippen LogP contribution < -0.4 is 9.47 Å². The molecule has 0 aliphatic carbocycles. The van der Waals surface area contributed by atoms with Crippen LogP contribution in [0.15, 0.2) is 21.6 Å². The number of aryl methyl sites for hydroxylation is 2. The molecule has 1 atom stereocenters. The summed E-state index contributed by atoms with van der Waals surface area (Å²) in [4.78, 5) is 0.156. The van der Waals surface area contributed by atoms with Crippen molar-refractivity contribution in [1.82, 2.24) is 9.46 Å². The fourth-order valence-electron chi connectivity index (χ4n) is 3.33. The second-order valence-corrected chi connectivity index (χ2v) is 8.06. The van der Waals surface area contributed by atoms with Gasteiger partial charge in [0.15, 0.2) is 17.3 Å². The van der Waals surface area contributed by atoms with E-state index in [1.165, 1.54) is 4.31 Å². The van der Waals surface area contributed by atoms with Crippen LogP contribution in [-0.2, 0) is 23.0 Å². The molecule has 8 heteroatoms. The number of fused-ring (bicyclic) bond motifs is 1. The molecule has 1 aliphatic heterocycles. The maximum atomic E-state index is 13.2. The molecule has 3 rings (SSSR count). The lowest BCUT2D eigenvalue weighted by Gasteiger charge is -2.34. The van der Waals surface area contributed by atoms with Crippen LogP contribution in [0.1, 0.15) is 29.5 Å². The molecular weight excluding hydrogens is 344 g/mol. The van der Waals surface area contributed by atoms with Crippen molar-refractivity contribution in [1.29, 1.82) is 0 Å². The lowest BCUT2D eigenvalue weighted by atomic mass is 9.96. The molecule has 136 valence electrons. The Hall–Kier alpha value is -2.06. The van der Waals surface area contributed by atoms with Crippen molar-refractivity contribution in [2.24, 2.45) is 0 Å². The van der Waals surface area contributed by atoms with Crippen molar-refractivity contribution < 1.29 is 22.4 Å². The highest BCUT2D eigenvalue weighted by Gasteiger charge is 2.37. The quantitative estimate of drug-likeness (QED) is 0.827.